The van der Waals surface area contributed by atoms with E-state index in [1.54, 1.807) is 24.3 Å². The summed E-state index contributed by atoms with van der Waals surface area (Å²) in [5.74, 6) is -2.31. The van der Waals surface area contributed by atoms with Crippen molar-refractivity contribution in [1.29, 1.82) is 0 Å². The standard InChI is InChI=1S/C18H18N2O6/c1-3-19(4-2)16-11-7-5-6-8-12(11)25-17(23)15(16)18(24)26-20-13(21)9-10-14(20)22/h5-8H,3-4,9-10H2,1-2H3. The summed E-state index contributed by atoms with van der Waals surface area (Å²) >= 11 is 0. The molecule has 1 aliphatic rings. The van der Waals surface area contributed by atoms with Crippen LogP contribution in [0.4, 0.5) is 5.69 Å². The molecule has 0 unspecified atom stereocenters. The van der Waals surface area contributed by atoms with Gasteiger partial charge in [0.2, 0.25) is 0 Å². The fourth-order valence-electron chi connectivity index (χ4n) is 2.97. The van der Waals surface area contributed by atoms with E-state index in [-0.39, 0.29) is 18.4 Å². The van der Waals surface area contributed by atoms with Crippen molar-refractivity contribution >= 4 is 34.4 Å². The highest BCUT2D eigenvalue weighted by Gasteiger charge is 2.35. The molecule has 0 aliphatic carbocycles. The van der Waals surface area contributed by atoms with Crippen molar-refractivity contribution in [2.75, 3.05) is 18.0 Å². The Labute approximate surface area is 148 Å². The lowest BCUT2D eigenvalue weighted by Gasteiger charge is -2.24. The molecule has 0 saturated carbocycles. The van der Waals surface area contributed by atoms with Gasteiger partial charge in [0.15, 0.2) is 5.56 Å². The van der Waals surface area contributed by atoms with Crippen LogP contribution in [0.3, 0.4) is 0 Å². The molecular weight excluding hydrogens is 340 g/mol. The van der Waals surface area contributed by atoms with Crippen molar-refractivity contribution in [1.82, 2.24) is 5.06 Å². The van der Waals surface area contributed by atoms with Crippen LogP contribution >= 0.6 is 0 Å². The molecule has 136 valence electrons. The third-order valence-electron chi connectivity index (χ3n) is 4.25. The van der Waals surface area contributed by atoms with Gasteiger partial charge in [-0.3, -0.25) is 9.59 Å². The van der Waals surface area contributed by atoms with E-state index in [1.165, 1.54) is 0 Å². The summed E-state index contributed by atoms with van der Waals surface area (Å²) in [7, 11) is 0. The quantitative estimate of drug-likeness (QED) is 0.594. The molecule has 0 spiro atoms. The lowest BCUT2D eigenvalue weighted by atomic mass is 10.1. The van der Waals surface area contributed by atoms with Crippen molar-refractivity contribution in [2.45, 2.75) is 26.7 Å². The Morgan fingerprint density at radius 3 is 2.35 bits per heavy atom. The summed E-state index contributed by atoms with van der Waals surface area (Å²) in [5.41, 5.74) is -0.509. The molecular formula is C18H18N2O6. The van der Waals surface area contributed by atoms with E-state index >= 15 is 0 Å². The molecule has 8 heteroatoms. The first-order valence-corrected chi connectivity index (χ1v) is 8.36. The third-order valence-corrected chi connectivity index (χ3v) is 4.25. The summed E-state index contributed by atoms with van der Waals surface area (Å²) in [5, 5.41) is 0.991. The van der Waals surface area contributed by atoms with Crippen LogP contribution < -0.4 is 10.5 Å². The molecule has 1 aromatic carbocycles. The second-order valence-electron chi connectivity index (χ2n) is 5.74. The summed E-state index contributed by atoms with van der Waals surface area (Å²) in [6.07, 6.45) is -0.0529. The van der Waals surface area contributed by atoms with E-state index in [2.05, 4.69) is 0 Å². The number of imide groups is 1. The summed E-state index contributed by atoms with van der Waals surface area (Å²) in [6, 6.07) is 6.84. The van der Waals surface area contributed by atoms with E-state index < -0.39 is 23.4 Å². The van der Waals surface area contributed by atoms with Gasteiger partial charge in [0.05, 0.1) is 5.69 Å². The maximum atomic E-state index is 12.7. The molecule has 0 atom stereocenters. The minimum Gasteiger partial charge on any atom is -0.422 e. The van der Waals surface area contributed by atoms with Crippen molar-refractivity contribution in [3.05, 3.63) is 40.2 Å². The monoisotopic (exact) mass is 358 g/mol. The average Bonchev–Trinajstić information content (AvgIpc) is 2.94. The van der Waals surface area contributed by atoms with Gasteiger partial charge in [-0.15, -0.1) is 5.06 Å². The topological polar surface area (TPSA) is 97.1 Å². The van der Waals surface area contributed by atoms with Gasteiger partial charge in [-0.25, -0.2) is 9.59 Å². The fourth-order valence-corrected chi connectivity index (χ4v) is 2.97. The molecule has 0 radical (unpaired) electrons. The molecule has 0 bridgehead atoms. The molecule has 26 heavy (non-hydrogen) atoms. The van der Waals surface area contributed by atoms with Gasteiger partial charge in [-0.1, -0.05) is 12.1 Å². The number of para-hydroxylation sites is 1. The molecule has 2 heterocycles. The smallest absolute Gasteiger partial charge is 0.373 e. The average molecular weight is 358 g/mol. The number of rotatable bonds is 5. The van der Waals surface area contributed by atoms with Gasteiger partial charge in [0.1, 0.15) is 5.58 Å². The Bertz CT molecular complexity index is 928. The Balaban J connectivity index is 2.15. The maximum Gasteiger partial charge on any atom is 0.373 e. The van der Waals surface area contributed by atoms with Crippen LogP contribution in [-0.2, 0) is 14.4 Å². The number of carbonyl (C=O) groups is 3. The Hall–Kier alpha value is -3.16. The number of fused-ring (bicyclic) bond motifs is 1. The second-order valence-corrected chi connectivity index (χ2v) is 5.74. The van der Waals surface area contributed by atoms with E-state index in [1.807, 2.05) is 18.7 Å². The van der Waals surface area contributed by atoms with E-state index in [0.717, 1.165) is 0 Å². The van der Waals surface area contributed by atoms with Crippen molar-refractivity contribution in [2.24, 2.45) is 0 Å². The predicted molar refractivity (Wildman–Crippen MR) is 92.5 cm³/mol. The molecule has 2 amide bonds. The van der Waals surface area contributed by atoms with Crippen molar-refractivity contribution < 1.29 is 23.6 Å². The summed E-state index contributed by atoms with van der Waals surface area (Å²) < 4.78 is 5.24. The van der Waals surface area contributed by atoms with E-state index in [4.69, 9.17) is 9.25 Å². The van der Waals surface area contributed by atoms with Crippen LogP contribution in [0, 0.1) is 0 Å². The van der Waals surface area contributed by atoms with Crippen LogP contribution in [-0.4, -0.2) is 35.9 Å². The number of hydroxylamine groups is 2. The van der Waals surface area contributed by atoms with Gasteiger partial charge in [0.25, 0.3) is 11.8 Å². The van der Waals surface area contributed by atoms with Crippen LogP contribution in [0.2, 0.25) is 0 Å². The Morgan fingerprint density at radius 1 is 1.12 bits per heavy atom. The number of hydrogen-bond donors (Lipinski definition) is 0. The number of amides is 2. The number of benzene rings is 1. The lowest BCUT2D eigenvalue weighted by molar-refractivity contribution is -0.172. The van der Waals surface area contributed by atoms with Gasteiger partial charge in [-0.05, 0) is 26.0 Å². The summed E-state index contributed by atoms with van der Waals surface area (Å²) in [6.45, 7) is 4.84. The maximum absolute atomic E-state index is 12.7. The van der Waals surface area contributed by atoms with Gasteiger partial charge in [-0.2, -0.15) is 0 Å². The Morgan fingerprint density at radius 2 is 1.73 bits per heavy atom. The molecule has 2 aromatic rings. The first-order valence-electron chi connectivity index (χ1n) is 8.36. The van der Waals surface area contributed by atoms with Gasteiger partial charge < -0.3 is 14.2 Å². The lowest BCUT2D eigenvalue weighted by Crippen LogP contribution is -2.35. The number of nitrogens with zero attached hydrogens (tertiary/aromatic N) is 2. The van der Waals surface area contributed by atoms with Crippen LogP contribution in [0.15, 0.2) is 33.5 Å². The highest BCUT2D eigenvalue weighted by atomic mass is 16.7. The fraction of sp³-hybridized carbons (Fsp3) is 0.333. The van der Waals surface area contributed by atoms with Crippen molar-refractivity contribution in [3.8, 4) is 0 Å². The van der Waals surface area contributed by atoms with Crippen LogP contribution in [0.1, 0.15) is 37.0 Å². The highest BCUT2D eigenvalue weighted by Crippen LogP contribution is 2.29. The normalized spacial score (nSPS) is 14.2. The zero-order chi connectivity index (χ0) is 18.8. The zero-order valence-corrected chi connectivity index (χ0v) is 14.5. The minimum absolute atomic E-state index is 0.0264. The molecule has 1 aliphatic heterocycles. The molecule has 1 saturated heterocycles. The zero-order valence-electron chi connectivity index (χ0n) is 14.5. The van der Waals surface area contributed by atoms with E-state index in [9.17, 15) is 19.2 Å². The molecule has 3 rings (SSSR count). The second kappa shape index (κ2) is 6.99. The summed E-state index contributed by atoms with van der Waals surface area (Å²) in [4.78, 5) is 55.3. The highest BCUT2D eigenvalue weighted by molar-refractivity contribution is 6.07. The molecule has 8 nitrogen and oxygen atoms in total. The van der Waals surface area contributed by atoms with Crippen molar-refractivity contribution in [3.63, 3.8) is 0 Å². The Kier molecular flexibility index (Phi) is 4.75. The molecule has 1 fully saturated rings. The van der Waals surface area contributed by atoms with Gasteiger partial charge in [0, 0.05) is 31.3 Å². The number of anilines is 1. The number of carbonyl (C=O) groups excluding carboxylic acids is 3. The minimum atomic E-state index is -1.09. The van der Waals surface area contributed by atoms with Crippen LogP contribution in [0.25, 0.3) is 11.0 Å². The number of hydrogen-bond acceptors (Lipinski definition) is 7. The molecule has 1 aromatic heterocycles. The first kappa shape index (κ1) is 17.7. The third kappa shape index (κ3) is 2.94. The largest absolute Gasteiger partial charge is 0.422 e. The SMILES string of the molecule is CCN(CC)c1c(C(=O)ON2C(=O)CCC2=O)c(=O)oc2ccccc12. The van der Waals surface area contributed by atoms with Gasteiger partial charge >= 0.3 is 11.6 Å². The predicted octanol–water partition coefficient (Wildman–Crippen LogP) is 1.86. The first-order chi connectivity index (χ1) is 12.5. The van der Waals surface area contributed by atoms with E-state index in [0.29, 0.717) is 34.8 Å². The van der Waals surface area contributed by atoms with Crippen LogP contribution in [0.5, 0.6) is 0 Å². The molecule has 0 N–H and O–H groups in total.